The molecule has 1 aromatic carbocycles. The van der Waals surface area contributed by atoms with Crippen LogP contribution in [0.25, 0.3) is 0 Å². The minimum absolute atomic E-state index is 0. The van der Waals surface area contributed by atoms with Crippen molar-refractivity contribution in [2.75, 3.05) is 6.54 Å². The molecule has 0 radical (unpaired) electrons. The molecule has 2 amide bonds. The normalized spacial score (nSPS) is 17.6. The number of benzene rings is 1. The van der Waals surface area contributed by atoms with Crippen molar-refractivity contribution in [1.29, 1.82) is 0 Å². The molecule has 13 heteroatoms. The summed E-state index contributed by atoms with van der Waals surface area (Å²) in [4.78, 5) is 49.5. The number of amides is 2. The third-order valence-corrected chi connectivity index (χ3v) is 7.25. The van der Waals surface area contributed by atoms with Gasteiger partial charge < -0.3 is 25.0 Å². The van der Waals surface area contributed by atoms with Crippen molar-refractivity contribution < 1.29 is 71.5 Å². The number of nitrogens with one attached hydrogen (secondary N) is 2. The second-order valence-corrected chi connectivity index (χ2v) is 10.8. The number of ether oxygens (including phenoxy) is 1. The minimum atomic E-state index is -5.17. The fourth-order valence-electron chi connectivity index (χ4n) is 4.26. The smallest absolute Gasteiger partial charge is 0.746 e. The number of alkyl carbamates (subject to hydrolysis) is 1. The second kappa shape index (κ2) is 17.0. The Labute approximate surface area is 245 Å². The van der Waals surface area contributed by atoms with E-state index in [4.69, 9.17) is 4.74 Å². The zero-order valence-electron chi connectivity index (χ0n) is 21.9. The molecule has 1 aliphatic carbocycles. The molecule has 0 bridgehead atoms. The van der Waals surface area contributed by atoms with Crippen LogP contribution in [0, 0.1) is 11.8 Å². The van der Waals surface area contributed by atoms with E-state index in [1.807, 2.05) is 13.0 Å². The number of ketones is 2. The zero-order valence-corrected chi connectivity index (χ0v) is 24.7. The third-order valence-electron chi connectivity index (χ3n) is 6.33. The molecule has 206 valence electrons. The van der Waals surface area contributed by atoms with Gasteiger partial charge in [-0.2, -0.15) is 0 Å². The van der Waals surface area contributed by atoms with E-state index in [2.05, 4.69) is 10.6 Å². The average molecular weight is 563 g/mol. The van der Waals surface area contributed by atoms with E-state index in [0.29, 0.717) is 32.1 Å². The van der Waals surface area contributed by atoms with Crippen LogP contribution >= 0.6 is 0 Å². The standard InChI is InChI=1S/C25H36N2O9S.Na/c1-2-3-10-19(13-20(28)15-26-25(32)36-16-17-8-5-4-6-9-17)23(30)27-21(24(31)37(33,34)35)14-18-11-7-12-22(18)29;/h4-6,8-9,18-19,21,24,31H,2-3,7,10-16H2,1H3,(H,26,32)(H,27,30)(H,33,34,35);/q;+1/p-1/t18?,19-,21+,24?;/m1./s1. The van der Waals surface area contributed by atoms with Gasteiger partial charge in [-0.05, 0) is 31.2 Å². The van der Waals surface area contributed by atoms with Crippen molar-refractivity contribution in [3.05, 3.63) is 35.9 Å². The van der Waals surface area contributed by atoms with Crippen molar-refractivity contribution in [1.82, 2.24) is 10.6 Å². The van der Waals surface area contributed by atoms with Crippen molar-refractivity contribution >= 4 is 33.7 Å². The zero-order chi connectivity index (χ0) is 27.4. The van der Waals surface area contributed by atoms with Gasteiger partial charge in [-0.3, -0.25) is 14.4 Å². The summed E-state index contributed by atoms with van der Waals surface area (Å²) in [5.74, 6) is -2.71. The number of rotatable bonds is 15. The summed E-state index contributed by atoms with van der Waals surface area (Å²) >= 11 is 0. The Morgan fingerprint density at radius 2 is 1.89 bits per heavy atom. The first kappa shape index (κ1) is 34.2. The molecular formula is C25H35N2NaO9S. The molecule has 0 heterocycles. The summed E-state index contributed by atoms with van der Waals surface area (Å²) in [6.07, 6.45) is 1.78. The molecule has 1 fully saturated rings. The van der Waals surface area contributed by atoms with Gasteiger partial charge in [0.2, 0.25) is 5.91 Å². The quantitative estimate of drug-likeness (QED) is 0.175. The summed E-state index contributed by atoms with van der Waals surface area (Å²) in [5, 5.41) is 14.9. The Kier molecular flexibility index (Phi) is 15.3. The number of carbonyl (C=O) groups is 4. The van der Waals surface area contributed by atoms with E-state index >= 15 is 0 Å². The Morgan fingerprint density at radius 1 is 1.21 bits per heavy atom. The van der Waals surface area contributed by atoms with Gasteiger partial charge in [0.05, 0.1) is 12.6 Å². The summed E-state index contributed by atoms with van der Waals surface area (Å²) < 4.78 is 39.5. The average Bonchev–Trinajstić information content (AvgIpc) is 3.27. The molecule has 0 aromatic heterocycles. The molecule has 4 atom stereocenters. The molecule has 1 aliphatic rings. The van der Waals surface area contributed by atoms with Gasteiger partial charge in [0.1, 0.15) is 22.5 Å². The van der Waals surface area contributed by atoms with Crippen LogP contribution in [0.4, 0.5) is 4.79 Å². The van der Waals surface area contributed by atoms with Crippen molar-refractivity contribution in [2.45, 2.75) is 76.4 Å². The third kappa shape index (κ3) is 11.9. The number of aliphatic hydroxyl groups is 1. The van der Waals surface area contributed by atoms with Gasteiger partial charge in [-0.25, -0.2) is 13.2 Å². The fraction of sp³-hybridized carbons (Fsp3) is 0.600. The van der Waals surface area contributed by atoms with Crippen LogP contribution in [0.2, 0.25) is 0 Å². The fourth-order valence-corrected chi connectivity index (χ4v) is 4.84. The van der Waals surface area contributed by atoms with Crippen LogP contribution in [0.3, 0.4) is 0 Å². The summed E-state index contributed by atoms with van der Waals surface area (Å²) in [6, 6.07) is 7.49. The number of hydrogen-bond acceptors (Lipinski definition) is 9. The Bertz CT molecular complexity index is 1040. The Hall–Kier alpha value is -1.83. The monoisotopic (exact) mass is 562 g/mol. The van der Waals surface area contributed by atoms with E-state index in [1.54, 1.807) is 24.3 Å². The van der Waals surface area contributed by atoms with E-state index in [-0.39, 0.29) is 61.3 Å². The molecule has 2 unspecified atom stereocenters. The van der Waals surface area contributed by atoms with Crippen LogP contribution in [0.5, 0.6) is 0 Å². The Morgan fingerprint density at radius 3 is 2.47 bits per heavy atom. The van der Waals surface area contributed by atoms with Crippen LogP contribution in [0.1, 0.15) is 63.9 Å². The molecule has 1 aromatic rings. The summed E-state index contributed by atoms with van der Waals surface area (Å²) in [7, 11) is -5.17. The first-order chi connectivity index (χ1) is 17.5. The second-order valence-electron chi connectivity index (χ2n) is 9.29. The van der Waals surface area contributed by atoms with Gasteiger partial charge in [-0.1, -0.05) is 50.1 Å². The number of Topliss-reactive ketones (excluding diaryl/α,β-unsaturated/α-hetero) is 2. The minimum Gasteiger partial charge on any atom is -0.746 e. The SMILES string of the molecule is CCCC[C@H](CC(=O)CNC(=O)OCc1ccccc1)C(=O)N[C@@H](CC1CCCC1=O)C(O)S(=O)(=O)[O-].[Na+]. The van der Waals surface area contributed by atoms with Gasteiger partial charge in [-0.15, -0.1) is 0 Å². The first-order valence-electron chi connectivity index (χ1n) is 12.4. The van der Waals surface area contributed by atoms with Crippen LogP contribution in [0.15, 0.2) is 30.3 Å². The predicted molar refractivity (Wildman–Crippen MR) is 132 cm³/mol. The Balaban J connectivity index is 0.00000722. The van der Waals surface area contributed by atoms with E-state index in [9.17, 15) is 37.3 Å². The molecule has 0 saturated heterocycles. The van der Waals surface area contributed by atoms with Crippen molar-refractivity contribution in [2.24, 2.45) is 11.8 Å². The maximum atomic E-state index is 13.0. The van der Waals surface area contributed by atoms with Crippen molar-refractivity contribution in [3.63, 3.8) is 0 Å². The van der Waals surface area contributed by atoms with E-state index in [0.717, 1.165) is 12.0 Å². The van der Waals surface area contributed by atoms with Crippen molar-refractivity contribution in [3.8, 4) is 0 Å². The van der Waals surface area contributed by atoms with Crippen LogP contribution in [-0.4, -0.2) is 59.7 Å². The topological polar surface area (TPSA) is 179 Å². The van der Waals surface area contributed by atoms with Gasteiger partial charge >= 0.3 is 35.7 Å². The maximum Gasteiger partial charge on any atom is 1.00 e. The van der Waals surface area contributed by atoms with Gasteiger partial charge in [0, 0.05) is 24.7 Å². The molecule has 0 aliphatic heterocycles. The molecule has 2 rings (SSSR count). The molecule has 3 N–H and O–H groups in total. The number of unbranched alkanes of at least 4 members (excludes halogenated alkanes) is 1. The molecule has 38 heavy (non-hydrogen) atoms. The summed E-state index contributed by atoms with van der Waals surface area (Å²) in [6.45, 7) is 1.54. The maximum absolute atomic E-state index is 13.0. The van der Waals surface area contributed by atoms with E-state index in [1.165, 1.54) is 0 Å². The van der Waals surface area contributed by atoms with E-state index < -0.39 is 51.2 Å². The molecule has 0 spiro atoms. The molecular weight excluding hydrogens is 527 g/mol. The number of carbonyl (C=O) groups excluding carboxylic acids is 4. The summed E-state index contributed by atoms with van der Waals surface area (Å²) in [5.41, 5.74) is -1.65. The number of aliphatic hydroxyl groups excluding tert-OH is 1. The van der Waals surface area contributed by atoms with Crippen LogP contribution < -0.4 is 40.2 Å². The largest absolute Gasteiger partial charge is 1.00 e. The predicted octanol–water partition coefficient (Wildman–Crippen LogP) is -1.21. The van der Waals surface area contributed by atoms with Gasteiger partial charge in [0.25, 0.3) is 0 Å². The molecule has 1 saturated carbocycles. The van der Waals surface area contributed by atoms with Crippen LogP contribution in [-0.2, 0) is 35.8 Å². The van der Waals surface area contributed by atoms with Gasteiger partial charge in [0.15, 0.2) is 11.2 Å². The molecule has 11 nitrogen and oxygen atoms in total. The number of hydrogen-bond donors (Lipinski definition) is 3. The first-order valence-corrected chi connectivity index (χ1v) is 13.9.